The standard InChI is InChI=1S/C13H19NO2S/c1-8-3-4-10(7-9(8)2)16-13(15)12-11(14)5-6-17-12/h5-6,8-10H,3-4,7,14H2,1-2H3. The maximum atomic E-state index is 11.9. The molecule has 0 spiro atoms. The summed E-state index contributed by atoms with van der Waals surface area (Å²) < 4.78 is 5.53. The van der Waals surface area contributed by atoms with Gasteiger partial charge in [-0.15, -0.1) is 11.3 Å². The fourth-order valence-corrected chi connectivity index (χ4v) is 2.99. The van der Waals surface area contributed by atoms with Crippen molar-refractivity contribution in [3.8, 4) is 0 Å². The molecule has 3 unspecified atom stereocenters. The zero-order valence-electron chi connectivity index (χ0n) is 10.3. The van der Waals surface area contributed by atoms with Gasteiger partial charge in [-0.1, -0.05) is 13.8 Å². The van der Waals surface area contributed by atoms with Gasteiger partial charge in [0.15, 0.2) is 0 Å². The van der Waals surface area contributed by atoms with Gasteiger partial charge in [-0.2, -0.15) is 0 Å². The second-order valence-corrected chi connectivity index (χ2v) is 5.92. The van der Waals surface area contributed by atoms with Crippen LogP contribution in [-0.2, 0) is 4.74 Å². The van der Waals surface area contributed by atoms with Gasteiger partial charge in [0.1, 0.15) is 11.0 Å². The van der Waals surface area contributed by atoms with Crippen molar-refractivity contribution in [2.75, 3.05) is 5.73 Å². The van der Waals surface area contributed by atoms with E-state index in [2.05, 4.69) is 13.8 Å². The first-order valence-corrected chi connectivity index (χ1v) is 7.00. The Morgan fingerprint density at radius 2 is 2.18 bits per heavy atom. The van der Waals surface area contributed by atoms with E-state index in [1.54, 1.807) is 6.07 Å². The fourth-order valence-electron chi connectivity index (χ4n) is 2.30. The van der Waals surface area contributed by atoms with E-state index in [0.29, 0.717) is 16.5 Å². The number of esters is 1. The summed E-state index contributed by atoms with van der Waals surface area (Å²) in [6.07, 6.45) is 3.15. The molecule has 1 aliphatic carbocycles. The number of hydrogen-bond donors (Lipinski definition) is 1. The second kappa shape index (κ2) is 5.08. The maximum Gasteiger partial charge on any atom is 0.350 e. The highest BCUT2D eigenvalue weighted by atomic mass is 32.1. The summed E-state index contributed by atoms with van der Waals surface area (Å²) in [7, 11) is 0. The molecule has 0 radical (unpaired) electrons. The normalized spacial score (nSPS) is 28.9. The van der Waals surface area contributed by atoms with Crippen molar-refractivity contribution >= 4 is 23.0 Å². The number of nitrogens with two attached hydrogens (primary N) is 1. The Labute approximate surface area is 106 Å². The van der Waals surface area contributed by atoms with E-state index < -0.39 is 0 Å². The molecule has 17 heavy (non-hydrogen) atoms. The molecule has 1 aromatic heterocycles. The zero-order chi connectivity index (χ0) is 12.4. The molecular weight excluding hydrogens is 234 g/mol. The summed E-state index contributed by atoms with van der Waals surface area (Å²) in [6.45, 7) is 4.49. The van der Waals surface area contributed by atoms with Crippen molar-refractivity contribution in [2.45, 2.75) is 39.2 Å². The van der Waals surface area contributed by atoms with Crippen LogP contribution in [0.3, 0.4) is 0 Å². The lowest BCUT2D eigenvalue weighted by atomic mass is 9.80. The first kappa shape index (κ1) is 12.4. The summed E-state index contributed by atoms with van der Waals surface area (Å²) in [6, 6.07) is 1.74. The highest BCUT2D eigenvalue weighted by Crippen LogP contribution is 2.32. The summed E-state index contributed by atoms with van der Waals surface area (Å²) in [5, 5.41) is 1.82. The molecule has 2 rings (SSSR count). The summed E-state index contributed by atoms with van der Waals surface area (Å²) >= 11 is 1.35. The minimum Gasteiger partial charge on any atom is -0.458 e. The van der Waals surface area contributed by atoms with Crippen LogP contribution in [0.4, 0.5) is 5.69 Å². The summed E-state index contributed by atoms with van der Waals surface area (Å²) in [5.74, 6) is 1.10. The third-order valence-corrected chi connectivity index (χ3v) is 4.62. The first-order valence-electron chi connectivity index (χ1n) is 6.12. The van der Waals surface area contributed by atoms with Crippen molar-refractivity contribution in [2.24, 2.45) is 11.8 Å². The lowest BCUT2D eigenvalue weighted by Crippen LogP contribution is -2.28. The van der Waals surface area contributed by atoms with Gasteiger partial charge >= 0.3 is 5.97 Å². The van der Waals surface area contributed by atoms with Gasteiger partial charge < -0.3 is 10.5 Å². The lowest BCUT2D eigenvalue weighted by molar-refractivity contribution is 0.00941. The predicted octanol–water partition coefficient (Wildman–Crippen LogP) is 3.31. The molecule has 4 heteroatoms. The molecule has 1 fully saturated rings. The average Bonchev–Trinajstić information content (AvgIpc) is 2.70. The van der Waals surface area contributed by atoms with Crippen molar-refractivity contribution in [3.63, 3.8) is 0 Å². The van der Waals surface area contributed by atoms with Crippen LogP contribution < -0.4 is 5.73 Å². The SMILES string of the molecule is CC1CCC(OC(=O)c2sccc2N)CC1C. The number of rotatable bonds is 2. The van der Waals surface area contributed by atoms with Crippen molar-refractivity contribution in [1.29, 1.82) is 0 Å². The molecule has 0 amide bonds. The molecule has 2 N–H and O–H groups in total. The van der Waals surface area contributed by atoms with E-state index in [9.17, 15) is 4.79 Å². The molecule has 0 aromatic carbocycles. The van der Waals surface area contributed by atoms with E-state index in [4.69, 9.17) is 10.5 Å². The smallest absolute Gasteiger partial charge is 0.350 e. The number of nitrogen functional groups attached to an aromatic ring is 1. The van der Waals surface area contributed by atoms with Gasteiger partial charge in [0, 0.05) is 0 Å². The van der Waals surface area contributed by atoms with Crippen LogP contribution >= 0.6 is 11.3 Å². The highest BCUT2D eigenvalue weighted by molar-refractivity contribution is 7.12. The highest BCUT2D eigenvalue weighted by Gasteiger charge is 2.27. The third kappa shape index (κ3) is 2.80. The molecule has 1 saturated carbocycles. The number of thiophene rings is 1. The second-order valence-electron chi connectivity index (χ2n) is 5.00. The van der Waals surface area contributed by atoms with Crippen LogP contribution in [0.25, 0.3) is 0 Å². The third-order valence-electron chi connectivity index (χ3n) is 3.70. The molecular formula is C13H19NO2S. The van der Waals surface area contributed by atoms with Gasteiger partial charge in [-0.3, -0.25) is 0 Å². The van der Waals surface area contributed by atoms with E-state index in [0.717, 1.165) is 25.2 Å². The maximum absolute atomic E-state index is 11.9. The van der Waals surface area contributed by atoms with Gasteiger partial charge in [-0.05, 0) is 42.5 Å². The zero-order valence-corrected chi connectivity index (χ0v) is 11.1. The summed E-state index contributed by atoms with van der Waals surface area (Å²) in [5.41, 5.74) is 6.23. The molecule has 0 saturated heterocycles. The Bertz CT molecular complexity index is 402. The molecule has 0 bridgehead atoms. The van der Waals surface area contributed by atoms with E-state index >= 15 is 0 Å². The van der Waals surface area contributed by atoms with Crippen molar-refractivity contribution in [3.05, 3.63) is 16.3 Å². The van der Waals surface area contributed by atoms with Crippen LogP contribution in [-0.4, -0.2) is 12.1 Å². The van der Waals surface area contributed by atoms with Crippen LogP contribution in [0.5, 0.6) is 0 Å². The first-order chi connectivity index (χ1) is 8.08. The van der Waals surface area contributed by atoms with Crippen LogP contribution in [0, 0.1) is 11.8 Å². The Morgan fingerprint density at radius 1 is 1.41 bits per heavy atom. The van der Waals surface area contributed by atoms with Crippen LogP contribution in [0.1, 0.15) is 42.8 Å². The molecule has 1 aromatic rings. The van der Waals surface area contributed by atoms with Gasteiger partial charge in [0.05, 0.1) is 5.69 Å². The van der Waals surface area contributed by atoms with E-state index in [1.807, 2.05) is 5.38 Å². The molecule has 1 heterocycles. The van der Waals surface area contributed by atoms with Crippen molar-refractivity contribution in [1.82, 2.24) is 0 Å². The number of carbonyl (C=O) groups is 1. The van der Waals surface area contributed by atoms with Crippen molar-refractivity contribution < 1.29 is 9.53 Å². The molecule has 3 nitrogen and oxygen atoms in total. The molecule has 1 aliphatic rings. The van der Waals surface area contributed by atoms with Gasteiger partial charge in [-0.25, -0.2) is 4.79 Å². The van der Waals surface area contributed by atoms with E-state index in [1.165, 1.54) is 11.3 Å². The van der Waals surface area contributed by atoms with Gasteiger partial charge in [0.2, 0.25) is 0 Å². The Kier molecular flexibility index (Phi) is 3.72. The monoisotopic (exact) mass is 253 g/mol. The predicted molar refractivity (Wildman–Crippen MR) is 70.1 cm³/mol. The molecule has 94 valence electrons. The average molecular weight is 253 g/mol. The minimum atomic E-state index is -0.260. The Balaban J connectivity index is 1.94. The number of anilines is 1. The number of hydrogen-bond acceptors (Lipinski definition) is 4. The molecule has 3 atom stereocenters. The number of carbonyl (C=O) groups excluding carboxylic acids is 1. The topological polar surface area (TPSA) is 52.3 Å². The van der Waals surface area contributed by atoms with Crippen LogP contribution in [0.15, 0.2) is 11.4 Å². The lowest BCUT2D eigenvalue weighted by Gasteiger charge is -2.31. The summed E-state index contributed by atoms with van der Waals surface area (Å²) in [4.78, 5) is 12.4. The number of ether oxygens (including phenoxy) is 1. The Hall–Kier alpha value is -1.03. The van der Waals surface area contributed by atoms with Crippen LogP contribution in [0.2, 0.25) is 0 Å². The largest absolute Gasteiger partial charge is 0.458 e. The fraction of sp³-hybridized carbons (Fsp3) is 0.615. The minimum absolute atomic E-state index is 0.0650. The molecule has 0 aliphatic heterocycles. The quantitative estimate of drug-likeness (QED) is 0.823. The van der Waals surface area contributed by atoms with Gasteiger partial charge in [0.25, 0.3) is 0 Å². The Morgan fingerprint density at radius 3 is 2.76 bits per heavy atom. The van der Waals surface area contributed by atoms with E-state index in [-0.39, 0.29) is 12.1 Å².